The third kappa shape index (κ3) is 3.39. The van der Waals surface area contributed by atoms with Gasteiger partial charge in [0.05, 0.1) is 11.2 Å². The summed E-state index contributed by atoms with van der Waals surface area (Å²) >= 11 is 0. The van der Waals surface area contributed by atoms with E-state index in [1.54, 1.807) is 0 Å². The number of nitrogens with one attached hydrogen (secondary N) is 1. The fraction of sp³-hybridized carbons (Fsp3) is 0.889. The number of nitrogens with two attached hydrogens (primary N) is 1. The van der Waals surface area contributed by atoms with Crippen molar-refractivity contribution in [1.29, 1.82) is 0 Å². The van der Waals surface area contributed by atoms with Gasteiger partial charge in [-0.15, -0.1) is 0 Å². The maximum absolute atomic E-state index is 12.3. The zero-order chi connectivity index (χ0) is 17.1. The topological polar surface area (TPSA) is 84.7 Å². The lowest BCUT2D eigenvalue weighted by Crippen LogP contribution is -2.38. The average Bonchev–Trinajstić information content (AvgIpc) is 2.92. The third-order valence-electron chi connectivity index (χ3n) is 6.17. The Balaban J connectivity index is 1.75. The van der Waals surface area contributed by atoms with E-state index in [9.17, 15) is 9.59 Å². The molecule has 0 radical (unpaired) electrons. The van der Waals surface area contributed by atoms with Crippen molar-refractivity contribution in [3.05, 3.63) is 0 Å². The minimum Gasteiger partial charge on any atom is -0.369 e. The van der Waals surface area contributed by atoms with E-state index < -0.39 is 0 Å². The number of amides is 2. The Kier molecular flexibility index (Phi) is 5.71. The normalized spacial score (nSPS) is 31.8. The molecule has 3 N–H and O–H groups in total. The molecular weight excluding hydrogens is 292 g/mol. The van der Waals surface area contributed by atoms with E-state index in [0.29, 0.717) is 6.54 Å². The summed E-state index contributed by atoms with van der Waals surface area (Å²) in [7, 11) is 0. The summed E-state index contributed by atoms with van der Waals surface area (Å²) in [6.45, 7) is 7.20. The molecule has 132 valence electrons. The Bertz CT molecular complexity index is 448. The molecule has 0 bridgehead atoms. The molecule has 23 heavy (non-hydrogen) atoms. The SMILES string of the molecule is CCC1(CC)OC1(CC)CCCNC(=O)C1CCCC1C(N)=O. The molecule has 2 aliphatic rings. The number of carbonyl (C=O) groups is 2. The van der Waals surface area contributed by atoms with Gasteiger partial charge in [-0.3, -0.25) is 9.59 Å². The number of epoxide rings is 1. The first-order valence-electron chi connectivity index (χ1n) is 9.22. The molecule has 1 saturated heterocycles. The molecule has 2 amide bonds. The predicted molar refractivity (Wildman–Crippen MR) is 89.7 cm³/mol. The highest BCUT2D eigenvalue weighted by atomic mass is 16.6. The van der Waals surface area contributed by atoms with Crippen molar-refractivity contribution in [3.63, 3.8) is 0 Å². The smallest absolute Gasteiger partial charge is 0.223 e. The standard InChI is InChI=1S/C18H32N2O3/c1-4-17(5-2)18(6-3,23-17)11-8-12-20-16(22)14-10-7-9-13(14)15(19)21/h13-14H,4-12H2,1-3H3,(H2,19,21)(H,20,22). The zero-order valence-electron chi connectivity index (χ0n) is 14.8. The first-order chi connectivity index (χ1) is 10.9. The van der Waals surface area contributed by atoms with Crippen LogP contribution >= 0.6 is 0 Å². The van der Waals surface area contributed by atoms with E-state index >= 15 is 0 Å². The van der Waals surface area contributed by atoms with Gasteiger partial charge >= 0.3 is 0 Å². The van der Waals surface area contributed by atoms with Crippen LogP contribution < -0.4 is 11.1 Å². The lowest BCUT2D eigenvalue weighted by molar-refractivity contribution is -0.132. The second-order valence-electron chi connectivity index (χ2n) is 7.09. The maximum atomic E-state index is 12.3. The second kappa shape index (κ2) is 7.20. The summed E-state index contributed by atoms with van der Waals surface area (Å²) in [4.78, 5) is 23.6. The maximum Gasteiger partial charge on any atom is 0.223 e. The summed E-state index contributed by atoms with van der Waals surface area (Å²) < 4.78 is 6.12. The van der Waals surface area contributed by atoms with E-state index in [1.807, 2.05) is 0 Å². The summed E-state index contributed by atoms with van der Waals surface area (Å²) in [5.41, 5.74) is 5.44. The van der Waals surface area contributed by atoms with Crippen molar-refractivity contribution in [2.75, 3.05) is 6.54 Å². The van der Waals surface area contributed by atoms with Gasteiger partial charge in [0.25, 0.3) is 0 Å². The van der Waals surface area contributed by atoms with E-state index in [1.165, 1.54) is 0 Å². The highest BCUT2D eigenvalue weighted by Gasteiger charge is 2.65. The number of rotatable bonds is 9. The Morgan fingerprint density at radius 3 is 2.22 bits per heavy atom. The van der Waals surface area contributed by atoms with Gasteiger partial charge in [0, 0.05) is 18.4 Å². The number of hydrogen-bond acceptors (Lipinski definition) is 3. The molecule has 5 nitrogen and oxygen atoms in total. The van der Waals surface area contributed by atoms with Gasteiger partial charge in [-0.25, -0.2) is 0 Å². The molecule has 1 aliphatic carbocycles. The summed E-state index contributed by atoms with van der Waals surface area (Å²) in [6.07, 6.45) is 7.44. The Morgan fingerprint density at radius 2 is 1.70 bits per heavy atom. The quantitative estimate of drug-likeness (QED) is 0.505. The van der Waals surface area contributed by atoms with Crippen LogP contribution in [0.4, 0.5) is 0 Å². The molecule has 2 rings (SSSR count). The van der Waals surface area contributed by atoms with E-state index in [0.717, 1.165) is 51.4 Å². The van der Waals surface area contributed by atoms with Crippen LogP contribution in [0.15, 0.2) is 0 Å². The van der Waals surface area contributed by atoms with Crippen molar-refractivity contribution < 1.29 is 14.3 Å². The fourth-order valence-electron chi connectivity index (χ4n) is 4.57. The van der Waals surface area contributed by atoms with Gasteiger partial charge in [0.15, 0.2) is 0 Å². The van der Waals surface area contributed by atoms with Crippen LogP contribution in [0.25, 0.3) is 0 Å². The first-order valence-corrected chi connectivity index (χ1v) is 9.22. The molecule has 2 fully saturated rings. The van der Waals surface area contributed by atoms with E-state index in [2.05, 4.69) is 26.1 Å². The zero-order valence-corrected chi connectivity index (χ0v) is 14.8. The largest absolute Gasteiger partial charge is 0.369 e. The predicted octanol–water partition coefficient (Wildman–Crippen LogP) is 2.52. The van der Waals surface area contributed by atoms with Gasteiger partial charge in [-0.2, -0.15) is 0 Å². The highest BCUT2D eigenvalue weighted by molar-refractivity contribution is 5.87. The van der Waals surface area contributed by atoms with Crippen LogP contribution in [0.3, 0.4) is 0 Å². The van der Waals surface area contributed by atoms with Crippen molar-refractivity contribution >= 4 is 11.8 Å². The number of carbonyl (C=O) groups excluding carboxylic acids is 2. The molecule has 0 aromatic heterocycles. The van der Waals surface area contributed by atoms with Crippen molar-refractivity contribution in [3.8, 4) is 0 Å². The Hall–Kier alpha value is -1.10. The first kappa shape index (κ1) is 18.2. The molecule has 1 aliphatic heterocycles. The van der Waals surface area contributed by atoms with Crippen molar-refractivity contribution in [1.82, 2.24) is 5.32 Å². The molecular formula is C18H32N2O3. The van der Waals surface area contributed by atoms with Gasteiger partial charge in [-0.1, -0.05) is 27.2 Å². The Morgan fingerprint density at radius 1 is 1.09 bits per heavy atom. The molecule has 3 unspecified atom stereocenters. The monoisotopic (exact) mass is 324 g/mol. The molecule has 0 aromatic carbocycles. The molecule has 0 aromatic rings. The van der Waals surface area contributed by atoms with E-state index in [-0.39, 0.29) is 34.9 Å². The average molecular weight is 324 g/mol. The molecule has 1 saturated carbocycles. The van der Waals surface area contributed by atoms with Crippen molar-refractivity contribution in [2.24, 2.45) is 17.6 Å². The number of primary amides is 1. The summed E-state index contributed by atoms with van der Waals surface area (Å²) in [5, 5.41) is 3.00. The van der Waals surface area contributed by atoms with Gasteiger partial charge < -0.3 is 15.8 Å². The number of hydrogen-bond donors (Lipinski definition) is 2. The molecule has 0 spiro atoms. The van der Waals surface area contributed by atoms with E-state index in [4.69, 9.17) is 10.5 Å². The minimum atomic E-state index is -0.338. The van der Waals surface area contributed by atoms with Gasteiger partial charge in [-0.05, 0) is 44.9 Å². The van der Waals surface area contributed by atoms with Gasteiger partial charge in [0.2, 0.25) is 11.8 Å². The summed E-state index contributed by atoms with van der Waals surface area (Å²) in [6, 6.07) is 0. The summed E-state index contributed by atoms with van der Waals surface area (Å²) in [5.74, 6) is -0.854. The lowest BCUT2D eigenvalue weighted by Gasteiger charge is -2.18. The van der Waals surface area contributed by atoms with Crippen LogP contribution in [0.5, 0.6) is 0 Å². The van der Waals surface area contributed by atoms with Gasteiger partial charge in [0.1, 0.15) is 0 Å². The lowest BCUT2D eigenvalue weighted by atomic mass is 9.83. The van der Waals surface area contributed by atoms with Crippen LogP contribution in [-0.4, -0.2) is 29.6 Å². The minimum absolute atomic E-state index is 0.00431. The van der Waals surface area contributed by atoms with Crippen LogP contribution in [0.1, 0.15) is 72.1 Å². The molecule has 1 heterocycles. The van der Waals surface area contributed by atoms with Crippen LogP contribution in [0, 0.1) is 11.8 Å². The highest BCUT2D eigenvalue weighted by Crippen LogP contribution is 2.57. The van der Waals surface area contributed by atoms with Crippen LogP contribution in [-0.2, 0) is 14.3 Å². The van der Waals surface area contributed by atoms with Crippen molar-refractivity contribution in [2.45, 2.75) is 83.3 Å². The molecule has 5 heteroatoms. The third-order valence-corrected chi connectivity index (χ3v) is 6.17. The second-order valence-corrected chi connectivity index (χ2v) is 7.09. The Labute approximate surface area is 139 Å². The van der Waals surface area contributed by atoms with Crippen LogP contribution in [0.2, 0.25) is 0 Å². The molecule has 3 atom stereocenters. The number of ether oxygens (including phenoxy) is 1. The fourth-order valence-corrected chi connectivity index (χ4v) is 4.57.